The first-order valence-electron chi connectivity index (χ1n) is 6.99. The molecule has 0 aliphatic carbocycles. The standard InChI is InChI=1S/C16H21N3S/c1-4-10(2)11(3)18-16-13(15(17)20)9-12-7-5-6-8-14(12)19-16/h5-11H,4H2,1-3H3,(H2,17,20)(H,18,19). The van der Waals surface area contributed by atoms with Crippen LogP contribution in [0.1, 0.15) is 32.8 Å². The Morgan fingerprint density at radius 1 is 1.35 bits per heavy atom. The summed E-state index contributed by atoms with van der Waals surface area (Å²) in [7, 11) is 0. The highest BCUT2D eigenvalue weighted by Gasteiger charge is 2.15. The molecule has 4 heteroatoms. The van der Waals surface area contributed by atoms with Gasteiger partial charge in [-0.05, 0) is 25.0 Å². The van der Waals surface area contributed by atoms with Crippen molar-refractivity contribution in [2.45, 2.75) is 33.2 Å². The number of hydrogen-bond donors (Lipinski definition) is 2. The maximum absolute atomic E-state index is 5.84. The van der Waals surface area contributed by atoms with Gasteiger partial charge in [0.1, 0.15) is 10.8 Å². The Labute approximate surface area is 125 Å². The van der Waals surface area contributed by atoms with Gasteiger partial charge in [0.15, 0.2) is 0 Å². The van der Waals surface area contributed by atoms with Gasteiger partial charge in [0.2, 0.25) is 0 Å². The van der Waals surface area contributed by atoms with Crippen molar-refractivity contribution in [3.8, 4) is 0 Å². The van der Waals surface area contributed by atoms with Crippen LogP contribution in [0, 0.1) is 5.92 Å². The van der Waals surface area contributed by atoms with Crippen LogP contribution < -0.4 is 11.1 Å². The Morgan fingerprint density at radius 2 is 2.05 bits per heavy atom. The van der Waals surface area contributed by atoms with Crippen molar-refractivity contribution in [1.29, 1.82) is 0 Å². The van der Waals surface area contributed by atoms with Gasteiger partial charge in [-0.25, -0.2) is 4.98 Å². The highest BCUT2D eigenvalue weighted by Crippen LogP contribution is 2.22. The van der Waals surface area contributed by atoms with E-state index in [0.717, 1.165) is 28.7 Å². The molecule has 0 spiro atoms. The number of anilines is 1. The first kappa shape index (κ1) is 14.7. The molecule has 106 valence electrons. The monoisotopic (exact) mass is 287 g/mol. The molecule has 2 unspecified atom stereocenters. The quantitative estimate of drug-likeness (QED) is 0.823. The zero-order valence-corrected chi connectivity index (χ0v) is 13.0. The van der Waals surface area contributed by atoms with Crippen LogP contribution in [0.2, 0.25) is 0 Å². The number of nitrogens with zero attached hydrogens (tertiary/aromatic N) is 1. The van der Waals surface area contributed by atoms with Crippen LogP contribution in [0.25, 0.3) is 10.9 Å². The van der Waals surface area contributed by atoms with E-state index in [1.807, 2.05) is 30.3 Å². The average molecular weight is 287 g/mol. The molecule has 0 saturated carbocycles. The largest absolute Gasteiger partial charge is 0.389 e. The summed E-state index contributed by atoms with van der Waals surface area (Å²) in [4.78, 5) is 5.05. The average Bonchev–Trinajstić information content (AvgIpc) is 2.45. The van der Waals surface area contributed by atoms with Crippen LogP contribution >= 0.6 is 12.2 Å². The second-order valence-corrected chi connectivity index (χ2v) is 5.70. The van der Waals surface area contributed by atoms with Crippen molar-refractivity contribution in [1.82, 2.24) is 4.98 Å². The third-order valence-corrected chi connectivity index (χ3v) is 4.07. The molecule has 1 aromatic carbocycles. The summed E-state index contributed by atoms with van der Waals surface area (Å²) >= 11 is 5.16. The third-order valence-electron chi connectivity index (χ3n) is 3.85. The summed E-state index contributed by atoms with van der Waals surface area (Å²) < 4.78 is 0. The highest BCUT2D eigenvalue weighted by atomic mass is 32.1. The lowest BCUT2D eigenvalue weighted by Crippen LogP contribution is -2.26. The predicted octanol–water partition coefficient (Wildman–Crippen LogP) is 3.72. The lowest BCUT2D eigenvalue weighted by molar-refractivity contribution is 0.493. The van der Waals surface area contributed by atoms with E-state index in [1.165, 1.54) is 0 Å². The molecule has 1 aromatic heterocycles. The number of aromatic nitrogens is 1. The molecule has 3 nitrogen and oxygen atoms in total. The first-order chi connectivity index (χ1) is 9.52. The van der Waals surface area contributed by atoms with Gasteiger partial charge in [0.25, 0.3) is 0 Å². The molecule has 0 bridgehead atoms. The summed E-state index contributed by atoms with van der Waals surface area (Å²) in [5.41, 5.74) is 7.61. The second-order valence-electron chi connectivity index (χ2n) is 5.26. The van der Waals surface area contributed by atoms with E-state index < -0.39 is 0 Å². The molecule has 1 heterocycles. The van der Waals surface area contributed by atoms with Gasteiger partial charge in [0, 0.05) is 11.4 Å². The minimum Gasteiger partial charge on any atom is -0.389 e. The minimum absolute atomic E-state index is 0.321. The predicted molar refractivity (Wildman–Crippen MR) is 90.2 cm³/mol. The number of fused-ring (bicyclic) bond motifs is 1. The summed E-state index contributed by atoms with van der Waals surface area (Å²) in [6.45, 7) is 6.57. The number of para-hydroxylation sites is 1. The number of rotatable bonds is 5. The van der Waals surface area contributed by atoms with Crippen molar-refractivity contribution in [3.05, 3.63) is 35.9 Å². The molecule has 0 amide bonds. The molecular formula is C16H21N3S. The van der Waals surface area contributed by atoms with Crippen LogP contribution in [0.15, 0.2) is 30.3 Å². The molecular weight excluding hydrogens is 266 g/mol. The van der Waals surface area contributed by atoms with E-state index in [2.05, 4.69) is 31.1 Å². The van der Waals surface area contributed by atoms with Crippen molar-refractivity contribution in [2.75, 3.05) is 5.32 Å². The number of thiocarbonyl (C=S) groups is 1. The van der Waals surface area contributed by atoms with Crippen molar-refractivity contribution >= 4 is 33.9 Å². The maximum Gasteiger partial charge on any atom is 0.137 e. The van der Waals surface area contributed by atoms with Crippen molar-refractivity contribution < 1.29 is 0 Å². The zero-order valence-electron chi connectivity index (χ0n) is 12.2. The Bertz CT molecular complexity index is 624. The van der Waals surface area contributed by atoms with Gasteiger partial charge in [0.05, 0.1) is 11.1 Å². The Morgan fingerprint density at radius 3 is 2.70 bits per heavy atom. The van der Waals surface area contributed by atoms with Gasteiger partial charge in [-0.15, -0.1) is 0 Å². The van der Waals surface area contributed by atoms with Crippen molar-refractivity contribution in [3.63, 3.8) is 0 Å². The lowest BCUT2D eigenvalue weighted by atomic mass is 10.0. The molecule has 2 aromatic rings. The first-order valence-corrected chi connectivity index (χ1v) is 7.40. The topological polar surface area (TPSA) is 50.9 Å². The third kappa shape index (κ3) is 3.07. The van der Waals surface area contributed by atoms with E-state index in [-0.39, 0.29) is 0 Å². The Hall–Kier alpha value is -1.68. The lowest BCUT2D eigenvalue weighted by Gasteiger charge is -2.22. The van der Waals surface area contributed by atoms with Crippen LogP contribution in [-0.2, 0) is 0 Å². The minimum atomic E-state index is 0.321. The zero-order chi connectivity index (χ0) is 14.7. The molecule has 20 heavy (non-hydrogen) atoms. The molecule has 0 aliphatic heterocycles. The molecule has 2 rings (SSSR count). The summed E-state index contributed by atoms with van der Waals surface area (Å²) in [6.07, 6.45) is 1.12. The summed E-state index contributed by atoms with van der Waals surface area (Å²) in [5, 5.41) is 4.51. The smallest absolute Gasteiger partial charge is 0.137 e. The summed E-state index contributed by atoms with van der Waals surface area (Å²) in [6, 6.07) is 10.3. The highest BCUT2D eigenvalue weighted by molar-refractivity contribution is 7.80. The maximum atomic E-state index is 5.84. The molecule has 0 radical (unpaired) electrons. The van der Waals surface area contributed by atoms with E-state index >= 15 is 0 Å². The number of benzene rings is 1. The van der Waals surface area contributed by atoms with Crippen LogP contribution in [0.5, 0.6) is 0 Å². The number of hydrogen-bond acceptors (Lipinski definition) is 3. The van der Waals surface area contributed by atoms with Crippen LogP contribution in [0.4, 0.5) is 5.82 Å². The Kier molecular flexibility index (Phi) is 4.55. The van der Waals surface area contributed by atoms with Crippen LogP contribution in [-0.4, -0.2) is 16.0 Å². The second kappa shape index (κ2) is 6.18. The van der Waals surface area contributed by atoms with Gasteiger partial charge < -0.3 is 11.1 Å². The fourth-order valence-electron chi connectivity index (χ4n) is 2.13. The fraction of sp³-hybridized carbons (Fsp3) is 0.375. The number of nitrogens with two attached hydrogens (primary N) is 1. The molecule has 0 aliphatic rings. The van der Waals surface area contributed by atoms with E-state index in [9.17, 15) is 0 Å². The molecule has 3 N–H and O–H groups in total. The normalized spacial score (nSPS) is 13.9. The van der Waals surface area contributed by atoms with Crippen molar-refractivity contribution in [2.24, 2.45) is 11.7 Å². The van der Waals surface area contributed by atoms with Gasteiger partial charge >= 0.3 is 0 Å². The molecule has 0 fully saturated rings. The van der Waals surface area contributed by atoms with E-state index in [0.29, 0.717) is 16.9 Å². The molecule has 0 saturated heterocycles. The fourth-order valence-corrected chi connectivity index (χ4v) is 2.28. The summed E-state index contributed by atoms with van der Waals surface area (Å²) in [5.74, 6) is 1.34. The van der Waals surface area contributed by atoms with Crippen LogP contribution in [0.3, 0.4) is 0 Å². The van der Waals surface area contributed by atoms with Gasteiger partial charge in [-0.2, -0.15) is 0 Å². The van der Waals surface area contributed by atoms with E-state index in [4.69, 9.17) is 18.0 Å². The Balaban J connectivity index is 2.44. The number of pyridine rings is 1. The molecule has 2 atom stereocenters. The van der Waals surface area contributed by atoms with E-state index in [1.54, 1.807) is 0 Å². The van der Waals surface area contributed by atoms with Gasteiger partial charge in [-0.1, -0.05) is 50.7 Å². The number of nitrogens with one attached hydrogen (secondary N) is 1. The van der Waals surface area contributed by atoms with Gasteiger partial charge in [-0.3, -0.25) is 0 Å². The SMILES string of the molecule is CCC(C)C(C)Nc1nc2ccccc2cc1C(N)=S.